The van der Waals surface area contributed by atoms with Gasteiger partial charge in [-0.15, -0.1) is 0 Å². The van der Waals surface area contributed by atoms with Gasteiger partial charge in [0.05, 0.1) is 12.2 Å². The standard InChI is InChI=1S/C10H19NO4/c1-9(2,3)11-8(13)15-7-4-10(14,5-7)6-12/h7,12,14H,4-6H2,1-3H3,(H,11,13). The molecule has 0 aromatic carbocycles. The highest BCUT2D eigenvalue weighted by atomic mass is 16.6. The van der Waals surface area contributed by atoms with Gasteiger partial charge in [-0.05, 0) is 20.8 Å². The Labute approximate surface area is 89.4 Å². The van der Waals surface area contributed by atoms with Crippen LogP contribution in [0.4, 0.5) is 4.79 Å². The SMILES string of the molecule is CC(C)(C)NC(=O)OC1CC(O)(CO)C1. The van der Waals surface area contributed by atoms with Crippen molar-refractivity contribution in [3.63, 3.8) is 0 Å². The second kappa shape index (κ2) is 3.98. The van der Waals surface area contributed by atoms with Crippen molar-refractivity contribution >= 4 is 6.09 Å². The molecule has 1 aliphatic rings. The number of hydrogen-bond donors (Lipinski definition) is 3. The third-order valence-electron chi connectivity index (χ3n) is 2.26. The predicted molar refractivity (Wildman–Crippen MR) is 54.4 cm³/mol. The van der Waals surface area contributed by atoms with Gasteiger partial charge in [-0.25, -0.2) is 4.79 Å². The molecule has 5 heteroatoms. The number of hydrogen-bond acceptors (Lipinski definition) is 4. The van der Waals surface area contributed by atoms with E-state index in [0.717, 1.165) is 0 Å². The highest BCUT2D eigenvalue weighted by Gasteiger charge is 2.44. The van der Waals surface area contributed by atoms with E-state index in [4.69, 9.17) is 9.84 Å². The van der Waals surface area contributed by atoms with E-state index < -0.39 is 11.7 Å². The number of alkyl carbamates (subject to hydrolysis) is 1. The van der Waals surface area contributed by atoms with Crippen LogP contribution in [0.15, 0.2) is 0 Å². The molecule has 3 N–H and O–H groups in total. The van der Waals surface area contributed by atoms with Crippen LogP contribution >= 0.6 is 0 Å². The zero-order chi connectivity index (χ0) is 11.7. The molecule has 0 radical (unpaired) electrons. The van der Waals surface area contributed by atoms with Crippen molar-refractivity contribution in [2.24, 2.45) is 0 Å². The lowest BCUT2D eigenvalue weighted by molar-refractivity contribution is -0.139. The number of aliphatic hydroxyl groups excluding tert-OH is 1. The van der Waals surface area contributed by atoms with Crippen LogP contribution in [0.2, 0.25) is 0 Å². The summed E-state index contributed by atoms with van der Waals surface area (Å²) in [5.74, 6) is 0. The first-order valence-electron chi connectivity index (χ1n) is 5.06. The normalized spacial score (nSPS) is 30.6. The Morgan fingerprint density at radius 1 is 1.53 bits per heavy atom. The summed E-state index contributed by atoms with van der Waals surface area (Å²) in [6.45, 7) is 5.30. The summed E-state index contributed by atoms with van der Waals surface area (Å²) >= 11 is 0. The molecule has 0 aromatic rings. The lowest BCUT2D eigenvalue weighted by Crippen LogP contribution is -2.53. The van der Waals surface area contributed by atoms with Gasteiger partial charge in [0.2, 0.25) is 0 Å². The van der Waals surface area contributed by atoms with E-state index in [1.807, 2.05) is 20.8 Å². The third kappa shape index (κ3) is 3.68. The zero-order valence-electron chi connectivity index (χ0n) is 9.41. The molecule has 0 spiro atoms. The van der Waals surface area contributed by atoms with Crippen molar-refractivity contribution in [1.82, 2.24) is 5.32 Å². The fourth-order valence-corrected chi connectivity index (χ4v) is 1.49. The highest BCUT2D eigenvalue weighted by molar-refractivity contribution is 5.68. The smallest absolute Gasteiger partial charge is 0.407 e. The summed E-state index contributed by atoms with van der Waals surface area (Å²) in [7, 11) is 0. The predicted octanol–water partition coefficient (Wildman–Crippen LogP) is 0.397. The van der Waals surface area contributed by atoms with Crippen LogP contribution in [0.5, 0.6) is 0 Å². The molecule has 1 amide bonds. The Balaban J connectivity index is 2.25. The maximum Gasteiger partial charge on any atom is 0.407 e. The van der Waals surface area contributed by atoms with Crippen LogP contribution in [-0.2, 0) is 4.74 Å². The summed E-state index contributed by atoms with van der Waals surface area (Å²) in [6.07, 6.45) is -0.153. The van der Waals surface area contributed by atoms with E-state index >= 15 is 0 Å². The molecular formula is C10H19NO4. The van der Waals surface area contributed by atoms with Crippen molar-refractivity contribution < 1.29 is 19.7 Å². The summed E-state index contributed by atoms with van der Waals surface area (Å²) in [6, 6.07) is 0. The Bertz CT molecular complexity index is 240. The van der Waals surface area contributed by atoms with E-state index in [9.17, 15) is 9.90 Å². The molecule has 0 aromatic heterocycles. The summed E-state index contributed by atoms with van der Waals surface area (Å²) in [5, 5.41) is 20.9. The van der Waals surface area contributed by atoms with Crippen LogP contribution in [-0.4, -0.2) is 40.2 Å². The van der Waals surface area contributed by atoms with Crippen LogP contribution < -0.4 is 5.32 Å². The number of amides is 1. The Morgan fingerprint density at radius 2 is 2.07 bits per heavy atom. The first kappa shape index (κ1) is 12.3. The van der Waals surface area contributed by atoms with Crippen LogP contribution in [0.1, 0.15) is 33.6 Å². The van der Waals surface area contributed by atoms with Gasteiger partial charge in [0.25, 0.3) is 0 Å². The van der Waals surface area contributed by atoms with Crippen molar-refractivity contribution in [3.05, 3.63) is 0 Å². The largest absolute Gasteiger partial charge is 0.446 e. The monoisotopic (exact) mass is 217 g/mol. The van der Waals surface area contributed by atoms with Gasteiger partial charge in [0, 0.05) is 18.4 Å². The molecule has 0 unspecified atom stereocenters. The van der Waals surface area contributed by atoms with E-state index in [2.05, 4.69) is 5.32 Å². The number of aliphatic hydroxyl groups is 2. The maximum absolute atomic E-state index is 11.3. The minimum Gasteiger partial charge on any atom is -0.446 e. The molecule has 0 bridgehead atoms. The lowest BCUT2D eigenvalue weighted by atomic mass is 9.78. The third-order valence-corrected chi connectivity index (χ3v) is 2.26. The van der Waals surface area contributed by atoms with Gasteiger partial charge < -0.3 is 20.3 Å². The first-order chi connectivity index (χ1) is 6.74. The fourth-order valence-electron chi connectivity index (χ4n) is 1.49. The van der Waals surface area contributed by atoms with Crippen molar-refractivity contribution in [2.45, 2.75) is 50.9 Å². The van der Waals surface area contributed by atoms with Gasteiger partial charge in [-0.1, -0.05) is 0 Å². The van der Waals surface area contributed by atoms with E-state index in [1.54, 1.807) is 0 Å². The lowest BCUT2D eigenvalue weighted by Gasteiger charge is -2.41. The van der Waals surface area contributed by atoms with E-state index in [-0.39, 0.29) is 18.2 Å². The van der Waals surface area contributed by atoms with Crippen molar-refractivity contribution in [2.75, 3.05) is 6.61 Å². The van der Waals surface area contributed by atoms with Crippen molar-refractivity contribution in [3.8, 4) is 0 Å². The molecule has 0 saturated heterocycles. The number of nitrogens with one attached hydrogen (secondary N) is 1. The second-order valence-electron chi connectivity index (χ2n) is 5.19. The molecule has 0 atom stereocenters. The van der Waals surface area contributed by atoms with Gasteiger partial charge in [-0.2, -0.15) is 0 Å². The molecule has 1 rings (SSSR count). The topological polar surface area (TPSA) is 78.8 Å². The molecule has 1 aliphatic carbocycles. The minimum atomic E-state index is -1.05. The molecule has 1 saturated carbocycles. The minimum absolute atomic E-state index is 0.284. The maximum atomic E-state index is 11.3. The van der Waals surface area contributed by atoms with Crippen molar-refractivity contribution in [1.29, 1.82) is 0 Å². The number of carbonyl (C=O) groups is 1. The molecule has 5 nitrogen and oxygen atoms in total. The number of ether oxygens (including phenoxy) is 1. The number of rotatable bonds is 2. The summed E-state index contributed by atoms with van der Waals surface area (Å²) in [5.41, 5.74) is -1.37. The average molecular weight is 217 g/mol. The average Bonchev–Trinajstić information content (AvgIpc) is 1.97. The van der Waals surface area contributed by atoms with Gasteiger partial charge in [-0.3, -0.25) is 0 Å². The van der Waals surface area contributed by atoms with Crippen LogP contribution in [0.3, 0.4) is 0 Å². The first-order valence-corrected chi connectivity index (χ1v) is 5.06. The zero-order valence-corrected chi connectivity index (χ0v) is 9.41. The highest BCUT2D eigenvalue weighted by Crippen LogP contribution is 2.33. The van der Waals surface area contributed by atoms with E-state index in [1.165, 1.54) is 0 Å². The second-order valence-corrected chi connectivity index (χ2v) is 5.19. The molecule has 88 valence electrons. The van der Waals surface area contributed by atoms with Gasteiger partial charge in [0.15, 0.2) is 0 Å². The molecule has 0 aliphatic heterocycles. The molecular weight excluding hydrogens is 198 g/mol. The van der Waals surface area contributed by atoms with Gasteiger partial charge in [0.1, 0.15) is 6.10 Å². The Kier molecular flexibility index (Phi) is 3.25. The molecule has 1 fully saturated rings. The summed E-state index contributed by atoms with van der Waals surface area (Å²) in [4.78, 5) is 11.3. The van der Waals surface area contributed by atoms with E-state index in [0.29, 0.717) is 12.8 Å². The number of carbonyl (C=O) groups excluding carboxylic acids is 1. The fraction of sp³-hybridized carbons (Fsp3) is 0.900. The summed E-state index contributed by atoms with van der Waals surface area (Å²) < 4.78 is 5.04. The molecule has 0 heterocycles. The Hall–Kier alpha value is -0.810. The Morgan fingerprint density at radius 3 is 2.47 bits per heavy atom. The van der Waals surface area contributed by atoms with Crippen LogP contribution in [0, 0.1) is 0 Å². The van der Waals surface area contributed by atoms with Gasteiger partial charge >= 0.3 is 6.09 Å². The quantitative estimate of drug-likeness (QED) is 0.625. The van der Waals surface area contributed by atoms with Crippen LogP contribution in [0.25, 0.3) is 0 Å². The molecule has 15 heavy (non-hydrogen) atoms.